The molecule has 17 heavy (non-hydrogen) atoms. The van der Waals surface area contributed by atoms with Crippen LogP contribution in [0, 0.1) is 5.92 Å². The second-order valence-corrected chi connectivity index (χ2v) is 5.35. The van der Waals surface area contributed by atoms with Gasteiger partial charge < -0.3 is 10.6 Å². The van der Waals surface area contributed by atoms with Crippen molar-refractivity contribution in [1.82, 2.24) is 4.90 Å². The first-order valence-electron chi connectivity index (χ1n) is 5.80. The number of likely N-dealkylation sites (tertiary alicyclic amines) is 1. The van der Waals surface area contributed by atoms with Gasteiger partial charge in [0.25, 0.3) is 0 Å². The highest BCUT2D eigenvalue weighted by molar-refractivity contribution is 7.10. The van der Waals surface area contributed by atoms with Crippen molar-refractivity contribution in [3.63, 3.8) is 0 Å². The van der Waals surface area contributed by atoms with E-state index < -0.39 is 0 Å². The van der Waals surface area contributed by atoms with Crippen molar-refractivity contribution in [3.8, 4) is 0 Å². The molecule has 0 spiro atoms. The molecule has 0 atom stereocenters. The fraction of sp³-hybridized carbons (Fsp3) is 0.583. The number of rotatable bonds is 3. The van der Waals surface area contributed by atoms with Crippen molar-refractivity contribution in [2.24, 2.45) is 11.7 Å². The summed E-state index contributed by atoms with van der Waals surface area (Å²) in [7, 11) is 0. The Hall–Kier alpha value is -0.580. The fourth-order valence-corrected chi connectivity index (χ4v) is 2.79. The van der Waals surface area contributed by atoms with E-state index in [0.717, 1.165) is 37.4 Å². The van der Waals surface area contributed by atoms with E-state index in [1.54, 1.807) is 11.3 Å². The summed E-state index contributed by atoms with van der Waals surface area (Å²) in [4.78, 5) is 15.1. The van der Waals surface area contributed by atoms with Gasteiger partial charge in [-0.25, -0.2) is 0 Å². The van der Waals surface area contributed by atoms with E-state index in [-0.39, 0.29) is 18.3 Å². The van der Waals surface area contributed by atoms with E-state index >= 15 is 0 Å². The van der Waals surface area contributed by atoms with Gasteiger partial charge in [-0.15, -0.1) is 23.7 Å². The van der Waals surface area contributed by atoms with Crippen molar-refractivity contribution in [2.75, 3.05) is 19.6 Å². The van der Waals surface area contributed by atoms with Crippen molar-refractivity contribution < 1.29 is 4.79 Å². The molecule has 0 bridgehead atoms. The Bertz CT molecular complexity index is 334. The van der Waals surface area contributed by atoms with Gasteiger partial charge in [-0.3, -0.25) is 4.79 Å². The van der Waals surface area contributed by atoms with Crippen molar-refractivity contribution in [1.29, 1.82) is 0 Å². The van der Waals surface area contributed by atoms with Crippen LogP contribution in [0.5, 0.6) is 0 Å². The highest BCUT2D eigenvalue weighted by atomic mass is 35.5. The van der Waals surface area contributed by atoms with E-state index in [9.17, 15) is 4.79 Å². The number of carbonyl (C=O) groups excluding carboxylic acids is 1. The lowest BCUT2D eigenvalue weighted by Crippen LogP contribution is -2.40. The van der Waals surface area contributed by atoms with Gasteiger partial charge in [-0.2, -0.15) is 0 Å². The lowest BCUT2D eigenvalue weighted by atomic mass is 9.97. The zero-order valence-corrected chi connectivity index (χ0v) is 11.4. The third kappa shape index (κ3) is 3.98. The quantitative estimate of drug-likeness (QED) is 0.915. The average molecular weight is 275 g/mol. The summed E-state index contributed by atoms with van der Waals surface area (Å²) in [5, 5.41) is 2.02. The largest absolute Gasteiger partial charge is 0.342 e. The maximum absolute atomic E-state index is 12.0. The molecule has 2 N–H and O–H groups in total. The van der Waals surface area contributed by atoms with Crippen LogP contribution in [0.25, 0.3) is 0 Å². The lowest BCUT2D eigenvalue weighted by molar-refractivity contribution is -0.131. The zero-order chi connectivity index (χ0) is 11.4. The van der Waals surface area contributed by atoms with Gasteiger partial charge in [0, 0.05) is 18.0 Å². The van der Waals surface area contributed by atoms with Gasteiger partial charge in [0.15, 0.2) is 0 Å². The molecule has 1 aliphatic heterocycles. The molecular formula is C12H19ClN2OS. The summed E-state index contributed by atoms with van der Waals surface area (Å²) in [5.41, 5.74) is 5.63. The Kier molecular flexibility index (Phi) is 5.95. The third-order valence-electron chi connectivity index (χ3n) is 3.21. The third-order valence-corrected chi connectivity index (χ3v) is 4.08. The Morgan fingerprint density at radius 2 is 2.18 bits per heavy atom. The van der Waals surface area contributed by atoms with Gasteiger partial charge in [0.05, 0.1) is 6.42 Å². The first-order chi connectivity index (χ1) is 7.79. The van der Waals surface area contributed by atoms with Crippen LogP contribution in [0.2, 0.25) is 0 Å². The molecule has 0 unspecified atom stereocenters. The second-order valence-electron chi connectivity index (χ2n) is 4.32. The molecule has 2 heterocycles. The van der Waals surface area contributed by atoms with E-state index in [4.69, 9.17) is 5.73 Å². The van der Waals surface area contributed by atoms with Crippen LogP contribution in [-0.2, 0) is 11.2 Å². The normalized spacial score (nSPS) is 16.6. The van der Waals surface area contributed by atoms with Crippen molar-refractivity contribution >= 4 is 29.7 Å². The van der Waals surface area contributed by atoms with Crippen LogP contribution >= 0.6 is 23.7 Å². The predicted molar refractivity (Wildman–Crippen MR) is 73.6 cm³/mol. The standard InChI is InChI=1S/C12H18N2OS.ClH/c13-9-10-3-5-14(6-4-10)12(15)8-11-2-1-7-16-11;/h1-2,7,10H,3-6,8-9,13H2;1H. The summed E-state index contributed by atoms with van der Waals surface area (Å²) >= 11 is 1.65. The first kappa shape index (κ1) is 14.5. The van der Waals surface area contributed by atoms with Crippen LogP contribution < -0.4 is 5.73 Å². The van der Waals surface area contributed by atoms with Gasteiger partial charge in [-0.05, 0) is 36.8 Å². The van der Waals surface area contributed by atoms with E-state index in [1.165, 1.54) is 0 Å². The smallest absolute Gasteiger partial charge is 0.227 e. The van der Waals surface area contributed by atoms with Crippen LogP contribution in [0.4, 0.5) is 0 Å². The molecule has 0 aromatic carbocycles. The van der Waals surface area contributed by atoms with Gasteiger partial charge >= 0.3 is 0 Å². The number of amides is 1. The maximum Gasteiger partial charge on any atom is 0.227 e. The number of halogens is 1. The highest BCUT2D eigenvalue weighted by Crippen LogP contribution is 2.17. The van der Waals surface area contributed by atoms with Crippen molar-refractivity contribution in [2.45, 2.75) is 19.3 Å². The molecule has 1 aromatic heterocycles. The number of hydrogen-bond donors (Lipinski definition) is 1. The van der Waals surface area contributed by atoms with E-state index in [0.29, 0.717) is 12.3 Å². The minimum Gasteiger partial charge on any atom is -0.342 e. The van der Waals surface area contributed by atoms with Crippen LogP contribution in [0.1, 0.15) is 17.7 Å². The summed E-state index contributed by atoms with van der Waals surface area (Å²) in [5.74, 6) is 0.878. The van der Waals surface area contributed by atoms with Crippen LogP contribution in [-0.4, -0.2) is 30.4 Å². The summed E-state index contributed by atoms with van der Waals surface area (Å²) < 4.78 is 0. The molecule has 1 amide bonds. The van der Waals surface area contributed by atoms with Gasteiger partial charge in [0.2, 0.25) is 5.91 Å². The minimum atomic E-state index is 0. The molecule has 1 aromatic rings. The summed E-state index contributed by atoms with van der Waals surface area (Å²) in [6.07, 6.45) is 2.68. The Labute approximate surface area is 112 Å². The number of thiophene rings is 1. The minimum absolute atomic E-state index is 0. The number of carbonyl (C=O) groups is 1. The van der Waals surface area contributed by atoms with Crippen molar-refractivity contribution in [3.05, 3.63) is 22.4 Å². The summed E-state index contributed by atoms with van der Waals surface area (Å²) in [6.45, 7) is 2.52. The molecule has 1 aliphatic rings. The molecule has 96 valence electrons. The van der Waals surface area contributed by atoms with Crippen LogP contribution in [0.3, 0.4) is 0 Å². The molecule has 1 saturated heterocycles. The number of piperidine rings is 1. The lowest BCUT2D eigenvalue weighted by Gasteiger charge is -2.31. The molecule has 2 rings (SSSR count). The number of hydrogen-bond acceptors (Lipinski definition) is 3. The molecule has 1 fully saturated rings. The van der Waals surface area contributed by atoms with Gasteiger partial charge in [0.1, 0.15) is 0 Å². The van der Waals surface area contributed by atoms with Gasteiger partial charge in [-0.1, -0.05) is 6.07 Å². The monoisotopic (exact) mass is 274 g/mol. The Balaban J connectivity index is 0.00000144. The Morgan fingerprint density at radius 3 is 2.71 bits per heavy atom. The molecule has 0 saturated carbocycles. The Morgan fingerprint density at radius 1 is 1.47 bits per heavy atom. The fourth-order valence-electron chi connectivity index (χ4n) is 2.09. The highest BCUT2D eigenvalue weighted by Gasteiger charge is 2.21. The molecule has 0 aliphatic carbocycles. The van der Waals surface area contributed by atoms with Crippen LogP contribution in [0.15, 0.2) is 17.5 Å². The zero-order valence-electron chi connectivity index (χ0n) is 9.80. The predicted octanol–water partition coefficient (Wildman–Crippen LogP) is 1.91. The average Bonchev–Trinajstić information content (AvgIpc) is 2.82. The SMILES string of the molecule is Cl.NCC1CCN(C(=O)Cc2cccs2)CC1. The maximum atomic E-state index is 12.0. The number of nitrogens with zero attached hydrogens (tertiary/aromatic N) is 1. The summed E-state index contributed by atoms with van der Waals surface area (Å²) in [6, 6.07) is 4.02. The molecule has 3 nitrogen and oxygen atoms in total. The topological polar surface area (TPSA) is 46.3 Å². The second kappa shape index (κ2) is 6.99. The molecule has 5 heteroatoms. The molecular weight excluding hydrogens is 256 g/mol. The van der Waals surface area contributed by atoms with E-state index in [2.05, 4.69) is 0 Å². The molecule has 0 radical (unpaired) electrons. The number of nitrogens with two attached hydrogens (primary N) is 1. The van der Waals surface area contributed by atoms with E-state index in [1.807, 2.05) is 22.4 Å². The first-order valence-corrected chi connectivity index (χ1v) is 6.68.